The van der Waals surface area contributed by atoms with E-state index in [1.54, 1.807) is 0 Å². The summed E-state index contributed by atoms with van der Waals surface area (Å²) in [5.41, 5.74) is 0. The molecule has 0 fully saturated rings. The SMILES string of the molecule is OBOc1ccnc(F)c1. The molecule has 0 aromatic carbocycles. The van der Waals surface area contributed by atoms with Crippen LogP contribution in [0.1, 0.15) is 0 Å². The second-order valence-corrected chi connectivity index (χ2v) is 1.59. The van der Waals surface area contributed by atoms with Crippen molar-refractivity contribution in [2.75, 3.05) is 0 Å². The fourth-order valence-corrected chi connectivity index (χ4v) is 0.549. The fourth-order valence-electron chi connectivity index (χ4n) is 0.549. The molecule has 1 rings (SSSR count). The van der Waals surface area contributed by atoms with E-state index in [0.29, 0.717) is 0 Å². The van der Waals surface area contributed by atoms with Crippen molar-refractivity contribution >= 4 is 7.69 Å². The summed E-state index contributed by atoms with van der Waals surface area (Å²) in [6.07, 6.45) is 1.26. The lowest BCUT2D eigenvalue weighted by Crippen LogP contribution is -2.00. The Balaban J connectivity index is 2.75. The first-order chi connectivity index (χ1) is 4.83. The highest BCUT2D eigenvalue weighted by molar-refractivity contribution is 6.17. The minimum atomic E-state index is -0.619. The molecular formula is C5H5BFNO2. The van der Waals surface area contributed by atoms with E-state index < -0.39 is 13.6 Å². The maximum atomic E-state index is 12.2. The summed E-state index contributed by atoms with van der Waals surface area (Å²) in [5.74, 6) is -0.346. The van der Waals surface area contributed by atoms with E-state index in [9.17, 15) is 4.39 Å². The van der Waals surface area contributed by atoms with Crippen LogP contribution in [0.5, 0.6) is 5.75 Å². The van der Waals surface area contributed by atoms with Gasteiger partial charge < -0.3 is 9.68 Å². The predicted molar refractivity (Wildman–Crippen MR) is 34.2 cm³/mol. The van der Waals surface area contributed by atoms with Gasteiger partial charge in [-0.15, -0.1) is 0 Å². The molecule has 10 heavy (non-hydrogen) atoms. The minimum absolute atomic E-state index is 0.273. The molecule has 0 bridgehead atoms. The molecular weight excluding hydrogens is 136 g/mol. The van der Waals surface area contributed by atoms with E-state index in [1.165, 1.54) is 12.3 Å². The molecule has 1 N–H and O–H groups in total. The molecule has 1 heterocycles. The standard InChI is InChI=1S/C5H5BFNO2/c7-5-3-4(10-6-9)1-2-8-5/h1-3,6,9H. The Morgan fingerprint density at radius 2 is 2.50 bits per heavy atom. The van der Waals surface area contributed by atoms with Gasteiger partial charge in [0.15, 0.2) is 0 Å². The third-order valence-corrected chi connectivity index (χ3v) is 0.929. The molecule has 1 aromatic heterocycles. The smallest absolute Gasteiger partial charge is 0.504 e. The Morgan fingerprint density at radius 1 is 1.70 bits per heavy atom. The van der Waals surface area contributed by atoms with Crippen LogP contribution in [0.2, 0.25) is 0 Å². The molecule has 52 valence electrons. The summed E-state index contributed by atoms with van der Waals surface area (Å²) in [6.45, 7) is 0. The highest BCUT2D eigenvalue weighted by Gasteiger charge is 1.94. The van der Waals surface area contributed by atoms with Gasteiger partial charge in [-0.25, -0.2) is 4.98 Å². The molecule has 0 amide bonds. The Labute approximate surface area is 57.8 Å². The molecule has 0 saturated carbocycles. The van der Waals surface area contributed by atoms with Crippen molar-refractivity contribution in [3.05, 3.63) is 24.3 Å². The zero-order valence-electron chi connectivity index (χ0n) is 5.12. The molecule has 0 unspecified atom stereocenters. The fraction of sp³-hybridized carbons (Fsp3) is 0. The first-order valence-corrected chi connectivity index (χ1v) is 2.68. The third-order valence-electron chi connectivity index (χ3n) is 0.929. The molecule has 0 atom stereocenters. The summed E-state index contributed by atoms with van der Waals surface area (Å²) in [4.78, 5) is 3.29. The van der Waals surface area contributed by atoms with Gasteiger partial charge in [-0.2, -0.15) is 4.39 Å². The van der Waals surface area contributed by atoms with Crippen molar-refractivity contribution in [1.29, 1.82) is 0 Å². The number of rotatable bonds is 2. The van der Waals surface area contributed by atoms with Crippen molar-refractivity contribution in [3.8, 4) is 5.75 Å². The summed E-state index contributed by atoms with van der Waals surface area (Å²) >= 11 is 0. The maximum Gasteiger partial charge on any atom is 0.504 e. The highest BCUT2D eigenvalue weighted by atomic mass is 19.1. The van der Waals surface area contributed by atoms with Gasteiger partial charge in [-0.3, -0.25) is 0 Å². The second kappa shape index (κ2) is 3.17. The molecule has 1 aromatic rings. The van der Waals surface area contributed by atoms with E-state index in [-0.39, 0.29) is 5.75 Å². The van der Waals surface area contributed by atoms with E-state index >= 15 is 0 Å². The molecule has 5 heteroatoms. The van der Waals surface area contributed by atoms with Crippen molar-refractivity contribution in [3.63, 3.8) is 0 Å². The van der Waals surface area contributed by atoms with Crippen LogP contribution < -0.4 is 4.65 Å². The Kier molecular flexibility index (Phi) is 2.22. The van der Waals surface area contributed by atoms with Crippen LogP contribution in [0.3, 0.4) is 0 Å². The van der Waals surface area contributed by atoms with Gasteiger partial charge in [-0.05, 0) is 6.07 Å². The average molecular weight is 141 g/mol. The van der Waals surface area contributed by atoms with Crippen LogP contribution in [0, 0.1) is 5.95 Å². The summed E-state index contributed by atoms with van der Waals surface area (Å²) in [7, 11) is -0.455. The third kappa shape index (κ3) is 1.70. The first kappa shape index (κ1) is 7.02. The van der Waals surface area contributed by atoms with Crippen LogP contribution in [0.4, 0.5) is 4.39 Å². The molecule has 0 saturated heterocycles. The monoisotopic (exact) mass is 141 g/mol. The number of aromatic nitrogens is 1. The van der Waals surface area contributed by atoms with Crippen molar-refractivity contribution < 1.29 is 14.1 Å². The molecule has 0 aliphatic rings. The lowest BCUT2D eigenvalue weighted by molar-refractivity contribution is 0.449. The van der Waals surface area contributed by atoms with E-state index in [2.05, 4.69) is 9.64 Å². The van der Waals surface area contributed by atoms with Crippen LogP contribution in [-0.2, 0) is 0 Å². The molecule has 0 aliphatic carbocycles. The van der Waals surface area contributed by atoms with Gasteiger partial charge >= 0.3 is 7.69 Å². The lowest BCUT2D eigenvalue weighted by atomic mass is 10.4. The Bertz CT molecular complexity index is 221. The van der Waals surface area contributed by atoms with Crippen LogP contribution in [0.15, 0.2) is 18.3 Å². The summed E-state index contributed by atoms with van der Waals surface area (Å²) in [6, 6.07) is 2.55. The average Bonchev–Trinajstić information content (AvgIpc) is 1.88. The van der Waals surface area contributed by atoms with E-state index in [4.69, 9.17) is 5.02 Å². The van der Waals surface area contributed by atoms with Gasteiger partial charge in [0.05, 0.1) is 0 Å². The minimum Gasteiger partial charge on any atom is -0.539 e. The van der Waals surface area contributed by atoms with E-state index in [0.717, 1.165) is 6.07 Å². The Hall–Kier alpha value is -1.10. The zero-order chi connectivity index (χ0) is 7.40. The van der Waals surface area contributed by atoms with Crippen molar-refractivity contribution in [1.82, 2.24) is 4.98 Å². The lowest BCUT2D eigenvalue weighted by Gasteiger charge is -1.98. The quantitative estimate of drug-likeness (QED) is 0.460. The number of halogens is 1. The van der Waals surface area contributed by atoms with Gasteiger partial charge in [0, 0.05) is 12.3 Å². The number of hydrogen-bond donors (Lipinski definition) is 1. The van der Waals surface area contributed by atoms with Gasteiger partial charge in [0.1, 0.15) is 5.75 Å². The van der Waals surface area contributed by atoms with E-state index in [1.807, 2.05) is 0 Å². The van der Waals surface area contributed by atoms with Crippen LogP contribution in [-0.4, -0.2) is 17.7 Å². The van der Waals surface area contributed by atoms with Gasteiger partial charge in [0.2, 0.25) is 5.95 Å². The van der Waals surface area contributed by atoms with Crippen molar-refractivity contribution in [2.24, 2.45) is 0 Å². The summed E-state index contributed by atoms with van der Waals surface area (Å²) in [5, 5.41) is 8.25. The predicted octanol–water partition coefficient (Wildman–Crippen LogP) is -0.142. The molecule has 0 radical (unpaired) electrons. The normalized spacial score (nSPS) is 9.00. The second-order valence-electron chi connectivity index (χ2n) is 1.59. The maximum absolute atomic E-state index is 12.2. The molecule has 3 nitrogen and oxygen atoms in total. The topological polar surface area (TPSA) is 42.4 Å². The largest absolute Gasteiger partial charge is 0.539 e. The first-order valence-electron chi connectivity index (χ1n) is 2.68. The Morgan fingerprint density at radius 3 is 3.10 bits per heavy atom. The summed E-state index contributed by atoms with van der Waals surface area (Å²) < 4.78 is 16.8. The molecule has 0 spiro atoms. The van der Waals surface area contributed by atoms with Crippen LogP contribution >= 0.6 is 0 Å². The molecule has 0 aliphatic heterocycles. The zero-order valence-corrected chi connectivity index (χ0v) is 5.12. The van der Waals surface area contributed by atoms with Gasteiger partial charge in [-0.1, -0.05) is 0 Å². The number of hydrogen-bond acceptors (Lipinski definition) is 3. The highest BCUT2D eigenvalue weighted by Crippen LogP contribution is 2.07. The van der Waals surface area contributed by atoms with Crippen molar-refractivity contribution in [2.45, 2.75) is 0 Å². The van der Waals surface area contributed by atoms with Crippen LogP contribution in [0.25, 0.3) is 0 Å². The number of pyridine rings is 1. The number of nitrogens with zero attached hydrogens (tertiary/aromatic N) is 1. The van der Waals surface area contributed by atoms with Gasteiger partial charge in [0.25, 0.3) is 0 Å².